The van der Waals surface area contributed by atoms with Crippen LogP contribution >= 0.6 is 11.5 Å². The molecule has 2 N–H and O–H groups in total. The third kappa shape index (κ3) is 3.86. The van der Waals surface area contributed by atoms with Gasteiger partial charge in [0.05, 0.1) is 5.69 Å². The first-order valence-corrected chi connectivity index (χ1v) is 6.26. The van der Waals surface area contributed by atoms with Crippen molar-refractivity contribution in [3.8, 4) is 12.3 Å². The number of carboxylic acids is 1. The first-order chi connectivity index (χ1) is 8.56. The third-order valence-electron chi connectivity index (χ3n) is 2.30. The lowest BCUT2D eigenvalue weighted by Crippen LogP contribution is -2.12. The minimum atomic E-state index is -1.08. The maximum Gasteiger partial charge on any atom is 0.340 e. The summed E-state index contributed by atoms with van der Waals surface area (Å²) >= 11 is 0.981. The lowest BCUT2D eigenvalue weighted by atomic mass is 10.2. The molecule has 1 rings (SSSR count). The Labute approximate surface area is 109 Å². The summed E-state index contributed by atoms with van der Waals surface area (Å²) < 4.78 is 3.92. The van der Waals surface area contributed by atoms with E-state index in [2.05, 4.69) is 15.6 Å². The van der Waals surface area contributed by atoms with Crippen molar-refractivity contribution in [1.82, 2.24) is 4.37 Å². The van der Waals surface area contributed by atoms with E-state index in [0.717, 1.165) is 18.0 Å². The molecular formula is C12H14N2O3S. The number of hydrogen-bond acceptors (Lipinski definition) is 4. The molecule has 0 bridgehead atoms. The number of nitrogens with one attached hydrogen (secondary N) is 1. The zero-order chi connectivity index (χ0) is 13.5. The van der Waals surface area contributed by atoms with Crippen LogP contribution in [0.4, 0.5) is 5.00 Å². The summed E-state index contributed by atoms with van der Waals surface area (Å²) in [7, 11) is 0. The number of hydrogen-bond donors (Lipinski definition) is 2. The van der Waals surface area contributed by atoms with E-state index >= 15 is 0 Å². The number of unbranched alkanes of at least 4 members (excludes halogenated alkanes) is 2. The summed E-state index contributed by atoms with van der Waals surface area (Å²) in [5, 5.41) is 11.9. The van der Waals surface area contributed by atoms with Gasteiger partial charge in [0.15, 0.2) is 0 Å². The van der Waals surface area contributed by atoms with Gasteiger partial charge in [-0.25, -0.2) is 4.79 Å². The SMILES string of the molecule is C#CCCCCC(=O)Nc1snc(C)c1C(=O)O. The van der Waals surface area contributed by atoms with Crippen molar-refractivity contribution >= 4 is 28.4 Å². The number of carbonyl (C=O) groups excluding carboxylic acids is 1. The Morgan fingerprint density at radius 2 is 2.22 bits per heavy atom. The molecule has 1 aromatic rings. The molecule has 0 atom stereocenters. The second kappa shape index (κ2) is 6.77. The number of rotatable bonds is 6. The Balaban J connectivity index is 2.55. The molecule has 1 heterocycles. The molecule has 5 nitrogen and oxygen atoms in total. The van der Waals surface area contributed by atoms with E-state index in [4.69, 9.17) is 11.5 Å². The maximum absolute atomic E-state index is 11.6. The van der Waals surface area contributed by atoms with E-state index in [9.17, 15) is 9.59 Å². The van der Waals surface area contributed by atoms with Gasteiger partial charge in [0.25, 0.3) is 0 Å². The number of carbonyl (C=O) groups is 2. The number of terminal acetylenes is 1. The van der Waals surface area contributed by atoms with Gasteiger partial charge >= 0.3 is 5.97 Å². The molecule has 0 aliphatic rings. The predicted molar refractivity (Wildman–Crippen MR) is 69.7 cm³/mol. The fourth-order valence-electron chi connectivity index (χ4n) is 1.41. The molecule has 0 unspecified atom stereocenters. The lowest BCUT2D eigenvalue weighted by Gasteiger charge is -2.03. The molecule has 0 aliphatic heterocycles. The van der Waals surface area contributed by atoms with Gasteiger partial charge in [-0.3, -0.25) is 4.79 Å². The highest BCUT2D eigenvalue weighted by atomic mass is 32.1. The predicted octanol–water partition coefficient (Wildman–Crippen LogP) is 2.28. The smallest absolute Gasteiger partial charge is 0.340 e. The van der Waals surface area contributed by atoms with Crippen LogP contribution in [0.2, 0.25) is 0 Å². The fraction of sp³-hybridized carbons (Fsp3) is 0.417. The number of carboxylic acid groups (broad SMARTS) is 1. The van der Waals surface area contributed by atoms with Crippen LogP contribution in [-0.2, 0) is 4.79 Å². The van der Waals surface area contributed by atoms with Gasteiger partial charge in [0.1, 0.15) is 10.6 Å². The van der Waals surface area contributed by atoms with Gasteiger partial charge in [-0.2, -0.15) is 4.37 Å². The lowest BCUT2D eigenvalue weighted by molar-refractivity contribution is -0.116. The summed E-state index contributed by atoms with van der Waals surface area (Å²) in [5.74, 6) is 1.21. The highest BCUT2D eigenvalue weighted by Gasteiger charge is 2.18. The first kappa shape index (κ1) is 14.2. The van der Waals surface area contributed by atoms with Gasteiger partial charge in [-0.15, -0.1) is 12.3 Å². The molecule has 96 valence electrons. The first-order valence-electron chi connectivity index (χ1n) is 5.49. The van der Waals surface area contributed by atoms with Crippen molar-refractivity contribution in [3.63, 3.8) is 0 Å². The third-order valence-corrected chi connectivity index (χ3v) is 3.16. The number of nitrogens with zero attached hydrogens (tertiary/aromatic N) is 1. The Hall–Kier alpha value is -1.87. The van der Waals surface area contributed by atoms with Crippen LogP contribution in [0, 0.1) is 19.3 Å². The number of anilines is 1. The van der Waals surface area contributed by atoms with Gasteiger partial charge < -0.3 is 10.4 Å². The van der Waals surface area contributed by atoms with Crippen molar-refractivity contribution in [2.24, 2.45) is 0 Å². The van der Waals surface area contributed by atoms with Crippen molar-refractivity contribution in [2.75, 3.05) is 5.32 Å². The minimum Gasteiger partial charge on any atom is -0.478 e. The van der Waals surface area contributed by atoms with E-state index in [0.29, 0.717) is 30.0 Å². The van der Waals surface area contributed by atoms with Crippen molar-refractivity contribution < 1.29 is 14.7 Å². The van der Waals surface area contributed by atoms with E-state index in [1.165, 1.54) is 0 Å². The molecule has 1 amide bonds. The van der Waals surface area contributed by atoms with Gasteiger partial charge in [-0.1, -0.05) is 0 Å². The monoisotopic (exact) mass is 266 g/mol. The number of aryl methyl sites for hydroxylation is 1. The molecular weight excluding hydrogens is 252 g/mol. The Bertz CT molecular complexity index is 488. The van der Waals surface area contributed by atoms with Crippen LogP contribution in [0.1, 0.15) is 41.7 Å². The summed E-state index contributed by atoms with van der Waals surface area (Å²) in [5.41, 5.74) is 0.479. The molecule has 18 heavy (non-hydrogen) atoms. The van der Waals surface area contributed by atoms with Gasteiger partial charge in [-0.05, 0) is 31.3 Å². The number of aromatic carboxylic acids is 1. The molecule has 0 spiro atoms. The molecule has 6 heteroatoms. The summed E-state index contributed by atoms with van der Waals surface area (Å²) in [6, 6.07) is 0. The highest BCUT2D eigenvalue weighted by molar-refractivity contribution is 7.11. The van der Waals surface area contributed by atoms with Crippen LogP contribution in [0.15, 0.2) is 0 Å². The quantitative estimate of drug-likeness (QED) is 0.611. The van der Waals surface area contributed by atoms with Crippen LogP contribution < -0.4 is 5.32 Å². The standard InChI is InChI=1S/C12H14N2O3S/c1-3-4-5-6-7-9(15)13-11-10(12(16)17)8(2)14-18-11/h1H,4-7H2,2H3,(H,13,15)(H,16,17). The number of amides is 1. The zero-order valence-corrected chi connectivity index (χ0v) is 10.8. The summed E-state index contributed by atoms with van der Waals surface area (Å²) in [6.45, 7) is 1.60. The van der Waals surface area contributed by atoms with E-state index < -0.39 is 5.97 Å². The van der Waals surface area contributed by atoms with Gasteiger partial charge in [0, 0.05) is 12.8 Å². The average molecular weight is 266 g/mol. The van der Waals surface area contributed by atoms with E-state index in [-0.39, 0.29) is 11.5 Å². The van der Waals surface area contributed by atoms with Crippen molar-refractivity contribution in [2.45, 2.75) is 32.6 Å². The normalized spacial score (nSPS) is 9.78. The van der Waals surface area contributed by atoms with Crippen LogP contribution in [-0.4, -0.2) is 21.4 Å². The summed E-state index contributed by atoms with van der Waals surface area (Å²) in [4.78, 5) is 22.6. The molecule has 0 aromatic carbocycles. The fourth-order valence-corrected chi connectivity index (χ4v) is 2.21. The largest absolute Gasteiger partial charge is 0.478 e. The maximum atomic E-state index is 11.6. The van der Waals surface area contributed by atoms with Crippen molar-refractivity contribution in [1.29, 1.82) is 0 Å². The van der Waals surface area contributed by atoms with Crippen molar-refractivity contribution in [3.05, 3.63) is 11.3 Å². The van der Waals surface area contributed by atoms with E-state index in [1.807, 2.05) is 0 Å². The number of aromatic nitrogens is 1. The van der Waals surface area contributed by atoms with E-state index in [1.54, 1.807) is 6.92 Å². The Morgan fingerprint density at radius 3 is 2.83 bits per heavy atom. The second-order valence-corrected chi connectivity index (χ2v) is 4.51. The topological polar surface area (TPSA) is 79.3 Å². The molecule has 0 saturated carbocycles. The average Bonchev–Trinajstić information content (AvgIpc) is 2.66. The summed E-state index contributed by atoms with van der Waals surface area (Å²) in [6.07, 6.45) is 7.56. The molecule has 0 radical (unpaired) electrons. The second-order valence-electron chi connectivity index (χ2n) is 3.74. The molecule has 0 fully saturated rings. The highest BCUT2D eigenvalue weighted by Crippen LogP contribution is 2.24. The Kier molecular flexibility index (Phi) is 5.33. The zero-order valence-electron chi connectivity index (χ0n) is 10.0. The van der Waals surface area contributed by atoms with Gasteiger partial charge in [0.2, 0.25) is 5.91 Å². The van der Waals surface area contributed by atoms with Crippen LogP contribution in [0.3, 0.4) is 0 Å². The molecule has 0 aliphatic carbocycles. The Morgan fingerprint density at radius 1 is 1.50 bits per heavy atom. The van der Waals surface area contributed by atoms with Crippen LogP contribution in [0.25, 0.3) is 0 Å². The minimum absolute atomic E-state index is 0.0666. The molecule has 0 saturated heterocycles. The molecule has 1 aromatic heterocycles. The van der Waals surface area contributed by atoms with Crippen LogP contribution in [0.5, 0.6) is 0 Å².